The average Bonchev–Trinajstić information content (AvgIpc) is 3.25. The van der Waals surface area contributed by atoms with Crippen LogP contribution in [0.1, 0.15) is 36.1 Å². The van der Waals surface area contributed by atoms with E-state index in [1.807, 2.05) is 51.1 Å². The number of aromatic nitrogens is 4. The minimum Gasteiger partial charge on any atom is -0.350 e. The number of carbonyl (C=O) groups is 1. The minimum absolute atomic E-state index is 0.0404. The number of nitrogens with one attached hydrogen (secondary N) is 3. The Bertz CT molecular complexity index is 1190. The Kier molecular flexibility index (Phi) is 4.79. The topological polar surface area (TPSA) is 95.6 Å². The number of carbonyl (C=O) groups excluding carboxylic acids is 1. The van der Waals surface area contributed by atoms with Gasteiger partial charge in [0.05, 0.1) is 21.2 Å². The molecular formula is C20H20N6OS. The maximum atomic E-state index is 12.5. The monoisotopic (exact) mass is 392 g/mol. The zero-order chi connectivity index (χ0) is 19.7. The summed E-state index contributed by atoms with van der Waals surface area (Å²) in [4.78, 5) is 28.8. The third kappa shape index (κ3) is 3.46. The molecule has 0 unspecified atom stereocenters. The van der Waals surface area contributed by atoms with E-state index in [2.05, 4.69) is 30.6 Å². The molecule has 0 spiro atoms. The first-order valence-corrected chi connectivity index (χ1v) is 9.80. The standard InChI is InChI=1S/C20H20N6OS/c1-4-5-16-26-14-7-6-12(8-15(14)28-16)25-19-17-13(20(27)24-11(2)3)9-21-18(17)22-10-23-19/h4-11H,1-3H3,(H,24,27)(H2,21,22,23,25)/b5-4+. The zero-order valence-electron chi connectivity index (χ0n) is 15.8. The van der Waals surface area contributed by atoms with Crippen LogP contribution in [0.25, 0.3) is 27.3 Å². The van der Waals surface area contributed by atoms with Crippen LogP contribution >= 0.6 is 11.3 Å². The normalized spacial score (nSPS) is 11.7. The van der Waals surface area contributed by atoms with Crippen LogP contribution in [0.5, 0.6) is 0 Å². The number of aromatic amines is 1. The molecule has 3 N–H and O–H groups in total. The molecule has 28 heavy (non-hydrogen) atoms. The Morgan fingerprint density at radius 1 is 1.29 bits per heavy atom. The molecular weight excluding hydrogens is 372 g/mol. The van der Waals surface area contributed by atoms with E-state index in [1.54, 1.807) is 17.5 Å². The van der Waals surface area contributed by atoms with Gasteiger partial charge in [-0.25, -0.2) is 15.0 Å². The molecule has 0 saturated heterocycles. The van der Waals surface area contributed by atoms with Crippen molar-refractivity contribution < 1.29 is 4.79 Å². The molecule has 0 aliphatic carbocycles. The highest BCUT2D eigenvalue weighted by Gasteiger charge is 2.18. The lowest BCUT2D eigenvalue weighted by Gasteiger charge is -2.10. The van der Waals surface area contributed by atoms with E-state index < -0.39 is 0 Å². The highest BCUT2D eigenvalue weighted by Crippen LogP contribution is 2.30. The second-order valence-corrected chi connectivity index (χ2v) is 7.70. The molecule has 0 fully saturated rings. The van der Waals surface area contributed by atoms with Crippen molar-refractivity contribution >= 4 is 56.1 Å². The maximum absolute atomic E-state index is 12.5. The minimum atomic E-state index is -0.159. The van der Waals surface area contributed by atoms with Gasteiger partial charge in [-0.05, 0) is 45.0 Å². The number of thiazole rings is 1. The fourth-order valence-electron chi connectivity index (χ4n) is 2.95. The molecule has 0 bridgehead atoms. The van der Waals surface area contributed by atoms with Gasteiger partial charge in [0.1, 0.15) is 22.8 Å². The van der Waals surface area contributed by atoms with Crippen molar-refractivity contribution in [3.63, 3.8) is 0 Å². The molecule has 0 radical (unpaired) electrons. The molecule has 0 aliphatic heterocycles. The molecule has 8 heteroatoms. The van der Waals surface area contributed by atoms with Gasteiger partial charge < -0.3 is 15.6 Å². The summed E-state index contributed by atoms with van der Waals surface area (Å²) in [6.07, 6.45) is 7.11. The van der Waals surface area contributed by atoms with Crippen LogP contribution in [0.3, 0.4) is 0 Å². The molecule has 3 aromatic heterocycles. The van der Waals surface area contributed by atoms with Gasteiger partial charge in [-0.2, -0.15) is 0 Å². The average molecular weight is 392 g/mol. The Labute approximate surface area is 165 Å². The van der Waals surface area contributed by atoms with Crippen LogP contribution in [-0.4, -0.2) is 31.9 Å². The molecule has 4 rings (SSSR count). The number of anilines is 2. The van der Waals surface area contributed by atoms with Crippen LogP contribution in [0.15, 0.2) is 36.8 Å². The molecule has 3 heterocycles. The quantitative estimate of drug-likeness (QED) is 0.465. The van der Waals surface area contributed by atoms with Crippen molar-refractivity contribution in [2.75, 3.05) is 5.32 Å². The summed E-state index contributed by atoms with van der Waals surface area (Å²) in [5.41, 5.74) is 2.96. The number of benzene rings is 1. The third-order valence-electron chi connectivity index (χ3n) is 4.11. The number of fused-ring (bicyclic) bond motifs is 2. The van der Waals surface area contributed by atoms with Crippen molar-refractivity contribution in [1.82, 2.24) is 25.3 Å². The van der Waals surface area contributed by atoms with Crippen LogP contribution in [0, 0.1) is 0 Å². The van der Waals surface area contributed by atoms with Crippen LogP contribution < -0.4 is 10.6 Å². The molecule has 142 valence electrons. The van der Waals surface area contributed by atoms with E-state index in [9.17, 15) is 4.79 Å². The molecule has 7 nitrogen and oxygen atoms in total. The van der Waals surface area contributed by atoms with Crippen LogP contribution in [0.2, 0.25) is 0 Å². The van der Waals surface area contributed by atoms with Gasteiger partial charge in [-0.3, -0.25) is 4.79 Å². The predicted molar refractivity (Wildman–Crippen MR) is 114 cm³/mol. The number of amides is 1. The number of H-pyrrole nitrogens is 1. The first kappa shape index (κ1) is 18.1. The first-order chi connectivity index (χ1) is 13.5. The molecule has 0 saturated carbocycles. The lowest BCUT2D eigenvalue weighted by Crippen LogP contribution is -2.29. The van der Waals surface area contributed by atoms with E-state index in [-0.39, 0.29) is 11.9 Å². The molecule has 4 aromatic rings. The van der Waals surface area contributed by atoms with E-state index in [0.29, 0.717) is 22.4 Å². The number of hydrogen-bond donors (Lipinski definition) is 3. The lowest BCUT2D eigenvalue weighted by atomic mass is 10.2. The van der Waals surface area contributed by atoms with Crippen LogP contribution in [-0.2, 0) is 0 Å². The second kappa shape index (κ2) is 7.40. The summed E-state index contributed by atoms with van der Waals surface area (Å²) in [5, 5.41) is 7.87. The smallest absolute Gasteiger partial charge is 0.253 e. The van der Waals surface area contributed by atoms with Gasteiger partial charge >= 0.3 is 0 Å². The number of hydrogen-bond acceptors (Lipinski definition) is 6. The SMILES string of the molecule is C/C=C/c1nc2ccc(Nc3ncnc4[nH]cc(C(=O)NC(C)C)c34)cc2s1. The first-order valence-electron chi connectivity index (χ1n) is 8.98. The Balaban J connectivity index is 1.72. The molecule has 0 aliphatic rings. The van der Waals surface area contributed by atoms with Crippen molar-refractivity contribution in [2.24, 2.45) is 0 Å². The van der Waals surface area contributed by atoms with Crippen molar-refractivity contribution in [1.29, 1.82) is 0 Å². The largest absolute Gasteiger partial charge is 0.350 e. The third-order valence-corrected chi connectivity index (χ3v) is 5.09. The van der Waals surface area contributed by atoms with Crippen molar-refractivity contribution in [2.45, 2.75) is 26.8 Å². The number of allylic oxidation sites excluding steroid dienone is 1. The summed E-state index contributed by atoms with van der Waals surface area (Å²) < 4.78 is 1.08. The highest BCUT2D eigenvalue weighted by atomic mass is 32.1. The van der Waals surface area contributed by atoms with Gasteiger partial charge in [0, 0.05) is 17.9 Å². The maximum Gasteiger partial charge on any atom is 0.253 e. The fourth-order valence-corrected chi connectivity index (χ4v) is 3.92. The van der Waals surface area contributed by atoms with Gasteiger partial charge in [0.2, 0.25) is 0 Å². The lowest BCUT2D eigenvalue weighted by molar-refractivity contribution is 0.0945. The summed E-state index contributed by atoms with van der Waals surface area (Å²) in [5.74, 6) is 0.422. The summed E-state index contributed by atoms with van der Waals surface area (Å²) in [6.45, 7) is 5.83. The summed E-state index contributed by atoms with van der Waals surface area (Å²) in [6, 6.07) is 6.01. The van der Waals surface area contributed by atoms with E-state index in [4.69, 9.17) is 0 Å². The van der Waals surface area contributed by atoms with Gasteiger partial charge in [-0.1, -0.05) is 6.08 Å². The van der Waals surface area contributed by atoms with E-state index >= 15 is 0 Å². The van der Waals surface area contributed by atoms with Gasteiger partial charge in [-0.15, -0.1) is 11.3 Å². The van der Waals surface area contributed by atoms with Crippen molar-refractivity contribution in [3.05, 3.63) is 47.4 Å². The summed E-state index contributed by atoms with van der Waals surface area (Å²) in [7, 11) is 0. The highest BCUT2D eigenvalue weighted by molar-refractivity contribution is 7.19. The van der Waals surface area contributed by atoms with Gasteiger partial charge in [0.25, 0.3) is 5.91 Å². The van der Waals surface area contributed by atoms with E-state index in [1.165, 1.54) is 6.33 Å². The molecule has 1 aromatic carbocycles. The Morgan fingerprint density at radius 3 is 2.93 bits per heavy atom. The number of nitrogens with zero attached hydrogens (tertiary/aromatic N) is 3. The Hall–Kier alpha value is -3.26. The zero-order valence-corrected chi connectivity index (χ0v) is 16.6. The van der Waals surface area contributed by atoms with Gasteiger partial charge in [0.15, 0.2) is 0 Å². The van der Waals surface area contributed by atoms with E-state index in [0.717, 1.165) is 20.9 Å². The van der Waals surface area contributed by atoms with Crippen molar-refractivity contribution in [3.8, 4) is 0 Å². The van der Waals surface area contributed by atoms with Crippen LogP contribution in [0.4, 0.5) is 11.5 Å². The predicted octanol–water partition coefficient (Wildman–Crippen LogP) is 4.48. The molecule has 1 amide bonds. The second-order valence-electron chi connectivity index (χ2n) is 6.64. The molecule has 0 atom stereocenters. The fraction of sp³-hybridized carbons (Fsp3) is 0.200. The number of rotatable bonds is 5. The Morgan fingerprint density at radius 2 is 2.14 bits per heavy atom. The summed E-state index contributed by atoms with van der Waals surface area (Å²) >= 11 is 1.63.